The Morgan fingerprint density at radius 2 is 1.64 bits per heavy atom. The molecule has 136 valence electrons. The average Bonchev–Trinajstić information content (AvgIpc) is 3.18. The van der Waals surface area contributed by atoms with Gasteiger partial charge < -0.3 is 9.90 Å². The van der Waals surface area contributed by atoms with Gasteiger partial charge in [0.25, 0.3) is 0 Å². The Morgan fingerprint density at radius 1 is 0.929 bits per heavy atom. The molecule has 0 aliphatic heterocycles. The predicted octanol–water partition coefficient (Wildman–Crippen LogP) is 3.65. The molecular formula is C23H16N3O2-. The van der Waals surface area contributed by atoms with Gasteiger partial charge in [0.1, 0.15) is 5.69 Å². The second kappa shape index (κ2) is 7.72. The van der Waals surface area contributed by atoms with Crippen LogP contribution in [0.4, 0.5) is 5.69 Å². The van der Waals surface area contributed by atoms with E-state index in [2.05, 4.69) is 4.99 Å². The molecule has 0 bridgehead atoms. The first-order chi connectivity index (χ1) is 13.7. The SMILES string of the molecule is O=C([O-])c1cccc(N=Cc2cn(-c3ccccc3)nc2-c2ccccc2)c1. The number of carbonyl (C=O) groups excluding carboxylic acids is 1. The molecule has 1 aromatic heterocycles. The molecule has 0 amide bonds. The summed E-state index contributed by atoms with van der Waals surface area (Å²) in [5.41, 5.74) is 4.17. The van der Waals surface area contributed by atoms with Gasteiger partial charge in [-0.15, -0.1) is 0 Å². The lowest BCUT2D eigenvalue weighted by Crippen LogP contribution is -2.21. The summed E-state index contributed by atoms with van der Waals surface area (Å²) in [6.07, 6.45) is 3.60. The highest BCUT2D eigenvalue weighted by molar-refractivity contribution is 5.91. The number of carboxylic acids is 1. The Morgan fingerprint density at radius 3 is 2.36 bits per heavy atom. The number of hydrogen-bond donors (Lipinski definition) is 0. The lowest BCUT2D eigenvalue weighted by molar-refractivity contribution is -0.255. The van der Waals surface area contributed by atoms with E-state index in [1.54, 1.807) is 23.0 Å². The smallest absolute Gasteiger partial charge is 0.101 e. The largest absolute Gasteiger partial charge is 0.545 e. The molecular weight excluding hydrogens is 350 g/mol. The van der Waals surface area contributed by atoms with Gasteiger partial charge in [0, 0.05) is 23.5 Å². The van der Waals surface area contributed by atoms with Gasteiger partial charge in [0.05, 0.1) is 17.3 Å². The molecule has 5 nitrogen and oxygen atoms in total. The van der Waals surface area contributed by atoms with Crippen molar-refractivity contribution in [3.63, 3.8) is 0 Å². The zero-order valence-electron chi connectivity index (χ0n) is 14.9. The highest BCUT2D eigenvalue weighted by atomic mass is 16.4. The molecule has 0 aliphatic rings. The normalized spacial score (nSPS) is 11.0. The quantitative estimate of drug-likeness (QED) is 0.506. The molecule has 0 unspecified atom stereocenters. The number of rotatable bonds is 5. The second-order valence-corrected chi connectivity index (χ2v) is 6.18. The van der Waals surface area contributed by atoms with E-state index >= 15 is 0 Å². The Bertz CT molecular complexity index is 1130. The molecule has 0 fully saturated rings. The van der Waals surface area contributed by atoms with E-state index in [9.17, 15) is 9.90 Å². The van der Waals surface area contributed by atoms with Crippen molar-refractivity contribution in [3.05, 3.63) is 102 Å². The van der Waals surface area contributed by atoms with Gasteiger partial charge in [-0.05, 0) is 29.8 Å². The summed E-state index contributed by atoms with van der Waals surface area (Å²) in [4.78, 5) is 15.5. The van der Waals surface area contributed by atoms with Crippen LogP contribution < -0.4 is 5.11 Å². The molecule has 0 N–H and O–H groups in total. The van der Waals surface area contributed by atoms with Crippen molar-refractivity contribution in [2.24, 2.45) is 4.99 Å². The fourth-order valence-corrected chi connectivity index (χ4v) is 2.87. The first-order valence-electron chi connectivity index (χ1n) is 8.77. The molecule has 0 saturated heterocycles. The number of nitrogens with zero attached hydrogens (tertiary/aromatic N) is 3. The topological polar surface area (TPSA) is 70.3 Å². The summed E-state index contributed by atoms with van der Waals surface area (Å²) in [6.45, 7) is 0. The van der Waals surface area contributed by atoms with Crippen molar-refractivity contribution >= 4 is 17.9 Å². The number of carbonyl (C=O) groups is 1. The predicted molar refractivity (Wildman–Crippen MR) is 107 cm³/mol. The van der Waals surface area contributed by atoms with E-state index in [4.69, 9.17) is 5.10 Å². The second-order valence-electron chi connectivity index (χ2n) is 6.18. The van der Waals surface area contributed by atoms with E-state index in [0.29, 0.717) is 5.69 Å². The van der Waals surface area contributed by atoms with Crippen LogP contribution in [0, 0.1) is 0 Å². The van der Waals surface area contributed by atoms with Gasteiger partial charge >= 0.3 is 0 Å². The number of hydrogen-bond acceptors (Lipinski definition) is 4. The number of benzene rings is 3. The minimum Gasteiger partial charge on any atom is -0.545 e. The molecule has 4 rings (SSSR count). The van der Waals surface area contributed by atoms with Crippen molar-refractivity contribution in [1.29, 1.82) is 0 Å². The highest BCUT2D eigenvalue weighted by Gasteiger charge is 2.10. The van der Waals surface area contributed by atoms with Gasteiger partial charge in [-0.2, -0.15) is 5.10 Å². The molecule has 5 heteroatoms. The minimum atomic E-state index is -1.22. The van der Waals surface area contributed by atoms with Gasteiger partial charge in [0.2, 0.25) is 0 Å². The van der Waals surface area contributed by atoms with Gasteiger partial charge in [-0.25, -0.2) is 4.68 Å². The van der Waals surface area contributed by atoms with Crippen LogP contribution in [0.1, 0.15) is 15.9 Å². The average molecular weight is 366 g/mol. The third-order valence-corrected chi connectivity index (χ3v) is 4.25. The maximum absolute atomic E-state index is 11.1. The third-order valence-electron chi connectivity index (χ3n) is 4.25. The van der Waals surface area contributed by atoms with Gasteiger partial charge in [-0.1, -0.05) is 60.7 Å². The minimum absolute atomic E-state index is 0.0953. The van der Waals surface area contributed by atoms with E-state index in [-0.39, 0.29) is 5.56 Å². The fourth-order valence-electron chi connectivity index (χ4n) is 2.87. The molecule has 0 radical (unpaired) electrons. The Balaban J connectivity index is 1.76. The van der Waals surface area contributed by atoms with E-state index in [0.717, 1.165) is 22.5 Å². The van der Waals surface area contributed by atoms with Crippen molar-refractivity contribution < 1.29 is 9.90 Å². The molecule has 4 aromatic rings. The van der Waals surface area contributed by atoms with Gasteiger partial charge in [-0.3, -0.25) is 4.99 Å². The van der Waals surface area contributed by atoms with E-state index < -0.39 is 5.97 Å². The summed E-state index contributed by atoms with van der Waals surface area (Å²) in [5.74, 6) is -1.22. The van der Waals surface area contributed by atoms with E-state index in [1.165, 1.54) is 12.1 Å². The first-order valence-corrected chi connectivity index (χ1v) is 8.77. The zero-order chi connectivity index (χ0) is 19.3. The molecule has 0 atom stereocenters. The van der Waals surface area contributed by atoms with Gasteiger partial charge in [0.15, 0.2) is 0 Å². The standard InChI is InChI=1S/C23H17N3O2/c27-23(28)18-10-7-11-20(14-18)24-15-19-16-26(21-12-5-2-6-13-21)25-22(19)17-8-3-1-4-9-17/h1-16H,(H,27,28)/p-1. The Hall–Kier alpha value is -3.99. The van der Waals surface area contributed by atoms with Crippen LogP contribution >= 0.6 is 0 Å². The Labute approximate surface area is 162 Å². The monoisotopic (exact) mass is 366 g/mol. The van der Waals surface area contributed by atoms with Crippen LogP contribution in [0.2, 0.25) is 0 Å². The lowest BCUT2D eigenvalue weighted by atomic mass is 10.1. The Kier molecular flexibility index (Phi) is 4.80. The van der Waals surface area contributed by atoms with Crippen LogP contribution in [0.3, 0.4) is 0 Å². The van der Waals surface area contributed by atoms with Crippen LogP contribution in [0.5, 0.6) is 0 Å². The molecule has 3 aromatic carbocycles. The number of aliphatic imine (C=N–C) groups is 1. The third kappa shape index (κ3) is 3.73. The maximum atomic E-state index is 11.1. The summed E-state index contributed by atoms with van der Waals surface area (Å²) >= 11 is 0. The van der Waals surface area contributed by atoms with Crippen LogP contribution in [-0.4, -0.2) is 22.0 Å². The van der Waals surface area contributed by atoms with E-state index in [1.807, 2.05) is 66.9 Å². The van der Waals surface area contributed by atoms with Crippen LogP contribution in [0.25, 0.3) is 16.9 Å². The molecule has 0 aliphatic carbocycles. The number of carboxylic acid groups (broad SMARTS) is 1. The zero-order valence-corrected chi connectivity index (χ0v) is 14.9. The van der Waals surface area contributed by atoms with Crippen molar-refractivity contribution in [2.75, 3.05) is 0 Å². The van der Waals surface area contributed by atoms with Crippen LogP contribution in [0.15, 0.2) is 96.1 Å². The number of para-hydroxylation sites is 1. The van der Waals surface area contributed by atoms with Crippen molar-refractivity contribution in [3.8, 4) is 16.9 Å². The molecule has 0 spiro atoms. The number of aromatic nitrogens is 2. The van der Waals surface area contributed by atoms with Crippen molar-refractivity contribution in [2.45, 2.75) is 0 Å². The number of aromatic carboxylic acids is 1. The maximum Gasteiger partial charge on any atom is 0.101 e. The fraction of sp³-hybridized carbons (Fsp3) is 0. The summed E-state index contributed by atoms with van der Waals surface area (Å²) in [7, 11) is 0. The summed E-state index contributed by atoms with van der Waals surface area (Å²) in [5, 5.41) is 15.8. The summed E-state index contributed by atoms with van der Waals surface area (Å²) < 4.78 is 1.81. The molecule has 1 heterocycles. The lowest BCUT2D eigenvalue weighted by Gasteiger charge is -2.02. The van der Waals surface area contributed by atoms with Crippen LogP contribution in [-0.2, 0) is 0 Å². The molecule has 28 heavy (non-hydrogen) atoms. The highest BCUT2D eigenvalue weighted by Crippen LogP contribution is 2.23. The molecule has 0 saturated carbocycles. The summed E-state index contributed by atoms with van der Waals surface area (Å²) in [6, 6.07) is 26.0. The van der Waals surface area contributed by atoms with Crippen molar-refractivity contribution in [1.82, 2.24) is 9.78 Å². The first kappa shape index (κ1) is 17.4.